The molecule has 2 aliphatic carbocycles. The van der Waals surface area contributed by atoms with Gasteiger partial charge in [0.15, 0.2) is 0 Å². The summed E-state index contributed by atoms with van der Waals surface area (Å²) in [6.07, 6.45) is 7.38. The zero-order chi connectivity index (χ0) is 15.2. The fourth-order valence-corrected chi connectivity index (χ4v) is 3.87. The van der Waals surface area contributed by atoms with E-state index in [0.717, 1.165) is 31.6 Å². The van der Waals surface area contributed by atoms with Gasteiger partial charge >= 0.3 is 0 Å². The average molecular weight is 305 g/mol. The van der Waals surface area contributed by atoms with Gasteiger partial charge in [-0.25, -0.2) is 0 Å². The molecule has 3 aliphatic rings. The summed E-state index contributed by atoms with van der Waals surface area (Å²) >= 11 is 0. The maximum absolute atomic E-state index is 12.3. The largest absolute Gasteiger partial charge is 0.425 e. The molecule has 3 fully saturated rings. The van der Waals surface area contributed by atoms with E-state index in [2.05, 4.69) is 10.2 Å². The van der Waals surface area contributed by atoms with E-state index >= 15 is 0 Å². The van der Waals surface area contributed by atoms with Crippen molar-refractivity contribution in [3.05, 3.63) is 11.8 Å². The van der Waals surface area contributed by atoms with Crippen molar-refractivity contribution in [2.24, 2.45) is 5.41 Å². The van der Waals surface area contributed by atoms with Crippen LogP contribution in [0.1, 0.15) is 62.6 Å². The lowest BCUT2D eigenvalue weighted by atomic mass is 10.0. The van der Waals surface area contributed by atoms with Crippen molar-refractivity contribution in [1.29, 1.82) is 0 Å². The number of β-amino-alcohol motifs (C(OH)–C–C–N with tert-alkyl or cyclic N) is 1. The Labute approximate surface area is 129 Å². The minimum atomic E-state index is -0.339. The molecule has 1 spiro atoms. The smallest absolute Gasteiger partial charge is 0.223 e. The third kappa shape index (κ3) is 2.53. The van der Waals surface area contributed by atoms with E-state index in [1.165, 1.54) is 12.8 Å². The minimum absolute atomic E-state index is 0.0236. The number of amides is 1. The predicted octanol–water partition coefficient (Wildman–Crippen LogP) is 1.64. The lowest BCUT2D eigenvalue weighted by molar-refractivity contribution is -0.130. The van der Waals surface area contributed by atoms with Crippen LogP contribution in [-0.4, -0.2) is 45.3 Å². The van der Waals surface area contributed by atoms with Gasteiger partial charge in [-0.3, -0.25) is 4.79 Å². The van der Waals surface area contributed by atoms with Crippen molar-refractivity contribution in [3.8, 4) is 0 Å². The molecule has 1 saturated heterocycles. The number of rotatable bonds is 4. The highest BCUT2D eigenvalue weighted by molar-refractivity contribution is 5.77. The zero-order valence-corrected chi connectivity index (χ0v) is 12.8. The Morgan fingerprint density at radius 1 is 1.32 bits per heavy atom. The quantitative estimate of drug-likeness (QED) is 0.915. The van der Waals surface area contributed by atoms with Crippen molar-refractivity contribution in [1.82, 2.24) is 15.1 Å². The topological polar surface area (TPSA) is 79.5 Å². The molecule has 120 valence electrons. The van der Waals surface area contributed by atoms with Crippen molar-refractivity contribution < 1.29 is 14.3 Å². The van der Waals surface area contributed by atoms with Crippen LogP contribution >= 0.6 is 0 Å². The number of hydrogen-bond acceptors (Lipinski definition) is 5. The summed E-state index contributed by atoms with van der Waals surface area (Å²) in [7, 11) is 0. The van der Waals surface area contributed by atoms with Crippen LogP contribution in [0.3, 0.4) is 0 Å². The summed E-state index contributed by atoms with van der Waals surface area (Å²) in [6.45, 7) is 1.19. The molecular weight excluding hydrogens is 282 g/mol. The van der Waals surface area contributed by atoms with Gasteiger partial charge in [0.2, 0.25) is 17.7 Å². The van der Waals surface area contributed by atoms with Gasteiger partial charge in [-0.05, 0) is 25.7 Å². The van der Waals surface area contributed by atoms with Crippen molar-refractivity contribution >= 4 is 5.91 Å². The number of hydrogen-bond donors (Lipinski definition) is 1. The molecule has 22 heavy (non-hydrogen) atoms. The van der Waals surface area contributed by atoms with E-state index in [1.54, 1.807) is 4.90 Å². The summed E-state index contributed by atoms with van der Waals surface area (Å²) in [5, 5.41) is 18.2. The molecule has 6 nitrogen and oxygen atoms in total. The number of likely N-dealkylation sites (tertiary alicyclic amines) is 1. The molecule has 1 atom stereocenters. The molecule has 1 amide bonds. The Kier molecular flexibility index (Phi) is 3.44. The van der Waals surface area contributed by atoms with E-state index in [9.17, 15) is 9.90 Å². The van der Waals surface area contributed by atoms with Gasteiger partial charge in [0.25, 0.3) is 0 Å². The van der Waals surface area contributed by atoms with Crippen LogP contribution in [0.15, 0.2) is 4.42 Å². The van der Waals surface area contributed by atoms with Crippen molar-refractivity contribution in [3.63, 3.8) is 0 Å². The maximum Gasteiger partial charge on any atom is 0.223 e. The summed E-state index contributed by atoms with van der Waals surface area (Å²) in [5.41, 5.74) is 0.0236. The van der Waals surface area contributed by atoms with Gasteiger partial charge < -0.3 is 14.4 Å². The molecule has 0 radical (unpaired) electrons. The van der Waals surface area contributed by atoms with E-state index in [4.69, 9.17) is 4.42 Å². The highest BCUT2D eigenvalue weighted by Crippen LogP contribution is 2.52. The zero-order valence-electron chi connectivity index (χ0n) is 12.8. The van der Waals surface area contributed by atoms with Crippen molar-refractivity contribution in [2.75, 3.05) is 13.1 Å². The summed E-state index contributed by atoms with van der Waals surface area (Å²) < 4.78 is 5.71. The standard InChI is InChI=1S/C16H23N3O3/c20-12-9-19(10-16(12)7-8-16)14(21)6-5-13-17-18-15(22-13)11-3-1-2-4-11/h11-12,20H,1-10H2. The van der Waals surface area contributed by atoms with Crippen LogP contribution in [0.5, 0.6) is 0 Å². The number of aliphatic hydroxyl groups is 1. The Hall–Kier alpha value is -1.43. The van der Waals surface area contributed by atoms with Gasteiger partial charge in [0, 0.05) is 37.3 Å². The molecule has 1 aromatic rings. The van der Waals surface area contributed by atoms with Crippen LogP contribution < -0.4 is 0 Å². The second kappa shape index (κ2) is 5.33. The molecule has 6 heteroatoms. The summed E-state index contributed by atoms with van der Waals surface area (Å²) in [5.74, 6) is 1.81. The number of aliphatic hydroxyl groups excluding tert-OH is 1. The fraction of sp³-hybridized carbons (Fsp3) is 0.812. The highest BCUT2D eigenvalue weighted by Gasteiger charge is 2.55. The van der Waals surface area contributed by atoms with E-state index < -0.39 is 0 Å². The number of nitrogens with zero attached hydrogens (tertiary/aromatic N) is 3. The lowest BCUT2D eigenvalue weighted by Crippen LogP contribution is -2.29. The highest BCUT2D eigenvalue weighted by atomic mass is 16.4. The van der Waals surface area contributed by atoms with Gasteiger partial charge in [0.1, 0.15) is 0 Å². The van der Waals surface area contributed by atoms with Gasteiger partial charge in [-0.15, -0.1) is 10.2 Å². The summed E-state index contributed by atoms with van der Waals surface area (Å²) in [4.78, 5) is 14.1. The first-order chi connectivity index (χ1) is 10.7. The number of aryl methyl sites for hydroxylation is 1. The molecule has 2 heterocycles. The van der Waals surface area contributed by atoms with E-state index in [0.29, 0.717) is 37.7 Å². The minimum Gasteiger partial charge on any atom is -0.425 e. The Balaban J connectivity index is 1.30. The molecule has 1 aliphatic heterocycles. The molecule has 0 bridgehead atoms. The average Bonchev–Trinajstić information content (AvgIpc) is 2.90. The molecular formula is C16H23N3O3. The van der Waals surface area contributed by atoms with Crippen LogP contribution in [0.4, 0.5) is 0 Å². The maximum atomic E-state index is 12.3. The SMILES string of the molecule is O=C(CCc1nnc(C2CCCC2)o1)N1CC(O)C2(CC2)C1. The molecule has 2 saturated carbocycles. The predicted molar refractivity (Wildman–Crippen MR) is 78.1 cm³/mol. The third-order valence-corrected chi connectivity index (χ3v) is 5.59. The van der Waals surface area contributed by atoms with Crippen molar-refractivity contribution in [2.45, 2.75) is 63.4 Å². The molecule has 0 aromatic carbocycles. The molecule has 4 rings (SSSR count). The van der Waals surface area contributed by atoms with E-state index in [-0.39, 0.29) is 17.4 Å². The second-order valence-electron chi connectivity index (χ2n) is 7.17. The van der Waals surface area contributed by atoms with Crippen LogP contribution in [0, 0.1) is 5.41 Å². The number of carbonyl (C=O) groups excluding carboxylic acids is 1. The number of carbonyl (C=O) groups is 1. The molecule has 1 N–H and O–H groups in total. The first-order valence-corrected chi connectivity index (χ1v) is 8.44. The first kappa shape index (κ1) is 14.2. The van der Waals surface area contributed by atoms with Crippen LogP contribution in [0.25, 0.3) is 0 Å². The summed E-state index contributed by atoms with van der Waals surface area (Å²) in [6, 6.07) is 0. The normalized spacial score (nSPS) is 27.0. The molecule has 1 unspecified atom stereocenters. The Morgan fingerprint density at radius 2 is 2.09 bits per heavy atom. The van der Waals surface area contributed by atoms with Crippen LogP contribution in [-0.2, 0) is 11.2 Å². The van der Waals surface area contributed by atoms with Gasteiger partial charge in [-0.1, -0.05) is 12.8 Å². The first-order valence-electron chi connectivity index (χ1n) is 8.44. The monoisotopic (exact) mass is 305 g/mol. The second-order valence-corrected chi connectivity index (χ2v) is 7.17. The van der Waals surface area contributed by atoms with Gasteiger partial charge in [0.05, 0.1) is 6.10 Å². The lowest BCUT2D eigenvalue weighted by Gasteiger charge is -2.15. The van der Waals surface area contributed by atoms with E-state index in [1.807, 2.05) is 0 Å². The fourth-order valence-electron chi connectivity index (χ4n) is 3.87. The third-order valence-electron chi connectivity index (χ3n) is 5.59. The van der Waals surface area contributed by atoms with Gasteiger partial charge in [-0.2, -0.15) is 0 Å². The molecule has 1 aromatic heterocycles. The number of aromatic nitrogens is 2. The van der Waals surface area contributed by atoms with Crippen LogP contribution in [0.2, 0.25) is 0 Å². The Bertz CT molecular complexity index is 561. The Morgan fingerprint density at radius 3 is 2.77 bits per heavy atom.